The Bertz CT molecular complexity index is 1510. The highest BCUT2D eigenvalue weighted by Gasteiger charge is 2.29. The average molecular weight is 497 g/mol. The largest absolute Gasteiger partial charge is 0.481 e. The lowest BCUT2D eigenvalue weighted by Crippen LogP contribution is -2.40. The number of nitrogens with one attached hydrogen (secondary N) is 1. The van der Waals surface area contributed by atoms with E-state index in [2.05, 4.69) is 27.2 Å². The van der Waals surface area contributed by atoms with Crippen LogP contribution in [0.1, 0.15) is 42.3 Å². The van der Waals surface area contributed by atoms with E-state index in [9.17, 15) is 9.90 Å². The molecule has 2 unspecified atom stereocenters. The normalized spacial score (nSPS) is 20.1. The van der Waals surface area contributed by atoms with Crippen LogP contribution in [0.15, 0.2) is 48.7 Å². The van der Waals surface area contributed by atoms with Gasteiger partial charge in [-0.1, -0.05) is 24.3 Å². The number of para-hydroxylation sites is 1. The maximum Gasteiger partial charge on any atom is 0.304 e. The smallest absolute Gasteiger partial charge is 0.304 e. The Hall–Kier alpha value is -4.00. The maximum absolute atomic E-state index is 11.2. The Morgan fingerprint density at radius 3 is 2.76 bits per heavy atom. The first-order valence-corrected chi connectivity index (χ1v) is 12.7. The number of pyridine rings is 1. The summed E-state index contributed by atoms with van der Waals surface area (Å²) in [6.45, 7) is 3.61. The van der Waals surface area contributed by atoms with E-state index in [-0.39, 0.29) is 18.4 Å². The zero-order valence-electron chi connectivity index (χ0n) is 20.4. The van der Waals surface area contributed by atoms with Crippen LogP contribution in [0.25, 0.3) is 16.6 Å². The molecule has 2 aliphatic rings. The predicted molar refractivity (Wildman–Crippen MR) is 140 cm³/mol. The molecule has 4 aromatic rings. The summed E-state index contributed by atoms with van der Waals surface area (Å²) in [4.78, 5) is 23.2. The molecule has 2 fully saturated rings. The van der Waals surface area contributed by atoms with Crippen molar-refractivity contribution in [2.24, 2.45) is 0 Å². The van der Waals surface area contributed by atoms with Gasteiger partial charge in [-0.05, 0) is 42.9 Å². The van der Waals surface area contributed by atoms with E-state index >= 15 is 0 Å². The summed E-state index contributed by atoms with van der Waals surface area (Å²) in [5.41, 5.74) is 5.03. The second-order valence-electron chi connectivity index (χ2n) is 9.51. The summed E-state index contributed by atoms with van der Waals surface area (Å²) < 4.78 is 7.47. The van der Waals surface area contributed by atoms with Gasteiger partial charge in [0.1, 0.15) is 11.4 Å². The Morgan fingerprint density at radius 2 is 1.95 bits per heavy atom. The van der Waals surface area contributed by atoms with E-state index < -0.39 is 5.97 Å². The average Bonchev–Trinajstić information content (AvgIpc) is 3.31. The molecule has 0 radical (unpaired) electrons. The van der Waals surface area contributed by atoms with E-state index in [1.54, 1.807) is 0 Å². The van der Waals surface area contributed by atoms with Gasteiger partial charge in [-0.2, -0.15) is 5.10 Å². The Kier molecular flexibility index (Phi) is 6.43. The number of carbonyl (C=O) groups is 1. The number of rotatable bonds is 4. The monoisotopic (exact) mass is 496 g/mol. The Labute approximate surface area is 214 Å². The van der Waals surface area contributed by atoms with Crippen LogP contribution in [0.5, 0.6) is 0 Å². The van der Waals surface area contributed by atoms with Crippen molar-refractivity contribution in [1.29, 1.82) is 0 Å². The SMILES string of the molecule is O=C(O)CC1CCC(c2c(C#Cc3ccc4ccccc4n3)nc3c(N4CCOCC4)ccnn23)CN1. The number of nitrogens with zero attached hydrogens (tertiary/aromatic N) is 5. The van der Waals surface area contributed by atoms with Gasteiger partial charge in [-0.3, -0.25) is 4.79 Å². The predicted octanol–water partition coefficient (Wildman–Crippen LogP) is 2.82. The highest BCUT2D eigenvalue weighted by molar-refractivity contribution is 5.79. The first kappa shape index (κ1) is 23.4. The number of fused-ring (bicyclic) bond motifs is 2. The van der Waals surface area contributed by atoms with Crippen LogP contribution in [0, 0.1) is 11.8 Å². The molecule has 0 saturated carbocycles. The molecule has 6 rings (SSSR count). The third kappa shape index (κ3) is 4.86. The van der Waals surface area contributed by atoms with Crippen LogP contribution in [-0.4, -0.2) is 69.5 Å². The van der Waals surface area contributed by atoms with Crippen LogP contribution in [0.2, 0.25) is 0 Å². The van der Waals surface area contributed by atoms with E-state index in [1.807, 2.05) is 53.2 Å². The lowest BCUT2D eigenvalue weighted by molar-refractivity contribution is -0.137. The molecule has 9 heteroatoms. The van der Waals surface area contributed by atoms with Gasteiger partial charge in [0.2, 0.25) is 0 Å². The van der Waals surface area contributed by atoms with Gasteiger partial charge in [-0.15, -0.1) is 0 Å². The fraction of sp³-hybridized carbons (Fsp3) is 0.357. The molecule has 0 bridgehead atoms. The summed E-state index contributed by atoms with van der Waals surface area (Å²) >= 11 is 0. The zero-order chi connectivity index (χ0) is 25.2. The molecule has 2 saturated heterocycles. The molecule has 1 aromatic carbocycles. The molecule has 2 aliphatic heterocycles. The number of aromatic nitrogens is 4. The van der Waals surface area contributed by atoms with Crippen LogP contribution in [0.4, 0.5) is 5.69 Å². The molecule has 2 N–H and O–H groups in total. The van der Waals surface area contributed by atoms with E-state index in [4.69, 9.17) is 14.7 Å². The number of hydrogen-bond acceptors (Lipinski definition) is 7. The Balaban J connectivity index is 1.40. The molecule has 3 aromatic heterocycles. The summed E-state index contributed by atoms with van der Waals surface area (Å²) in [6, 6.07) is 13.9. The first-order chi connectivity index (χ1) is 18.2. The molecule has 0 aliphatic carbocycles. The highest BCUT2D eigenvalue weighted by Crippen LogP contribution is 2.31. The van der Waals surface area contributed by atoms with Crippen molar-refractivity contribution < 1.29 is 14.6 Å². The van der Waals surface area contributed by atoms with Gasteiger partial charge in [0.05, 0.1) is 42.7 Å². The number of imidazole rings is 1. The van der Waals surface area contributed by atoms with Gasteiger partial charge in [-0.25, -0.2) is 14.5 Å². The van der Waals surface area contributed by atoms with Gasteiger partial charge < -0.3 is 20.1 Å². The number of carboxylic acid groups (broad SMARTS) is 1. The number of anilines is 1. The number of hydrogen-bond donors (Lipinski definition) is 2. The Morgan fingerprint density at radius 1 is 1.08 bits per heavy atom. The minimum absolute atomic E-state index is 0.0267. The van der Waals surface area contributed by atoms with E-state index in [0.717, 1.165) is 53.9 Å². The third-order valence-electron chi connectivity index (χ3n) is 7.12. The second-order valence-corrected chi connectivity index (χ2v) is 9.51. The number of benzene rings is 1. The summed E-state index contributed by atoms with van der Waals surface area (Å²) in [6.07, 6.45) is 3.55. The van der Waals surface area contributed by atoms with Crippen LogP contribution in [-0.2, 0) is 9.53 Å². The van der Waals surface area contributed by atoms with Gasteiger partial charge >= 0.3 is 5.97 Å². The van der Waals surface area contributed by atoms with Crippen LogP contribution < -0.4 is 10.2 Å². The standard InChI is InChI=1S/C28H28N6O3/c35-26(36)17-22-8-6-20(18-29-22)27-24(10-9-21-7-5-19-3-1-2-4-23(19)31-21)32-28-25(11-12-30-34(27)28)33-13-15-37-16-14-33/h1-5,7,11-12,20,22,29H,6,8,13-18H2,(H,35,36). The summed E-state index contributed by atoms with van der Waals surface area (Å²) in [7, 11) is 0. The summed E-state index contributed by atoms with van der Waals surface area (Å²) in [5, 5.41) is 18.4. The van der Waals surface area contributed by atoms with Crippen molar-refractivity contribution in [3.05, 3.63) is 65.7 Å². The molecule has 188 valence electrons. The van der Waals surface area contributed by atoms with Crippen LogP contribution in [0.3, 0.4) is 0 Å². The van der Waals surface area contributed by atoms with E-state index in [0.29, 0.717) is 31.1 Å². The molecule has 5 heterocycles. The van der Waals surface area contributed by atoms with Gasteiger partial charge in [0, 0.05) is 37.0 Å². The number of carboxylic acids is 1. The fourth-order valence-electron chi connectivity index (χ4n) is 5.25. The van der Waals surface area contributed by atoms with Crippen LogP contribution >= 0.6 is 0 Å². The maximum atomic E-state index is 11.2. The van der Waals surface area contributed by atoms with Crippen molar-refractivity contribution >= 4 is 28.2 Å². The van der Waals surface area contributed by atoms with Crippen molar-refractivity contribution in [2.45, 2.75) is 31.2 Å². The van der Waals surface area contributed by atoms with Gasteiger partial charge in [0.25, 0.3) is 0 Å². The van der Waals surface area contributed by atoms with Crippen molar-refractivity contribution in [1.82, 2.24) is 24.9 Å². The van der Waals surface area contributed by atoms with Crippen molar-refractivity contribution in [3.8, 4) is 11.8 Å². The molecule has 0 amide bonds. The molecular formula is C28H28N6O3. The lowest BCUT2D eigenvalue weighted by Gasteiger charge is -2.30. The number of piperidine rings is 1. The number of aliphatic carboxylic acids is 1. The van der Waals surface area contributed by atoms with E-state index in [1.165, 1.54) is 0 Å². The lowest BCUT2D eigenvalue weighted by atomic mass is 9.90. The third-order valence-corrected chi connectivity index (χ3v) is 7.12. The molecule has 0 spiro atoms. The minimum Gasteiger partial charge on any atom is -0.481 e. The molecule has 9 nitrogen and oxygen atoms in total. The van der Waals surface area contributed by atoms with Crippen molar-refractivity contribution in [2.75, 3.05) is 37.7 Å². The molecule has 37 heavy (non-hydrogen) atoms. The topological polar surface area (TPSA) is 105 Å². The molecule has 2 atom stereocenters. The zero-order valence-corrected chi connectivity index (χ0v) is 20.4. The highest BCUT2D eigenvalue weighted by atomic mass is 16.5. The number of ether oxygens (including phenoxy) is 1. The van der Waals surface area contributed by atoms with Crippen molar-refractivity contribution in [3.63, 3.8) is 0 Å². The first-order valence-electron chi connectivity index (χ1n) is 12.7. The number of morpholine rings is 1. The summed E-state index contributed by atoms with van der Waals surface area (Å²) in [5.74, 6) is 5.87. The van der Waals surface area contributed by atoms with Gasteiger partial charge in [0.15, 0.2) is 5.65 Å². The molecular weight excluding hydrogens is 468 g/mol. The quantitative estimate of drug-likeness (QED) is 0.416. The minimum atomic E-state index is -0.781. The fourth-order valence-corrected chi connectivity index (χ4v) is 5.25. The second kappa shape index (κ2) is 10.2.